The standard InChI is InChI=1S/C10H14INO/c1-7(12)5-8-6-9(13-2)3-4-10(8)11/h3-4,6-7H,5,12H2,1-2H3/p+1. The van der Waals surface area contributed by atoms with Gasteiger partial charge in [0.1, 0.15) is 5.75 Å². The molecule has 0 amide bonds. The first kappa shape index (κ1) is 10.8. The van der Waals surface area contributed by atoms with E-state index in [1.807, 2.05) is 6.07 Å². The van der Waals surface area contributed by atoms with Crippen molar-refractivity contribution >= 4 is 22.6 Å². The Balaban J connectivity index is 2.90. The topological polar surface area (TPSA) is 36.9 Å². The van der Waals surface area contributed by atoms with E-state index in [1.165, 1.54) is 9.13 Å². The highest BCUT2D eigenvalue weighted by Gasteiger charge is 2.05. The molecule has 1 aromatic rings. The molecule has 1 atom stereocenters. The van der Waals surface area contributed by atoms with Gasteiger partial charge in [-0.25, -0.2) is 0 Å². The van der Waals surface area contributed by atoms with Crippen LogP contribution in [0.5, 0.6) is 5.75 Å². The minimum atomic E-state index is 0.445. The molecule has 1 unspecified atom stereocenters. The minimum absolute atomic E-state index is 0.445. The normalized spacial score (nSPS) is 12.6. The summed E-state index contributed by atoms with van der Waals surface area (Å²) in [6, 6.07) is 6.60. The van der Waals surface area contributed by atoms with Crippen molar-refractivity contribution in [2.75, 3.05) is 7.11 Å². The maximum atomic E-state index is 5.17. The van der Waals surface area contributed by atoms with Gasteiger partial charge < -0.3 is 10.5 Å². The minimum Gasteiger partial charge on any atom is -0.497 e. The van der Waals surface area contributed by atoms with E-state index in [0.717, 1.165) is 12.2 Å². The zero-order valence-corrected chi connectivity index (χ0v) is 10.2. The molecule has 0 fully saturated rings. The van der Waals surface area contributed by atoms with Gasteiger partial charge >= 0.3 is 0 Å². The fourth-order valence-corrected chi connectivity index (χ4v) is 1.77. The van der Waals surface area contributed by atoms with Crippen molar-refractivity contribution in [2.45, 2.75) is 19.4 Å². The summed E-state index contributed by atoms with van der Waals surface area (Å²) in [6.07, 6.45) is 1.01. The summed E-state index contributed by atoms with van der Waals surface area (Å²) >= 11 is 2.34. The smallest absolute Gasteiger partial charge is 0.119 e. The number of benzene rings is 1. The lowest BCUT2D eigenvalue weighted by Crippen LogP contribution is -2.60. The molecule has 2 nitrogen and oxygen atoms in total. The van der Waals surface area contributed by atoms with Crippen molar-refractivity contribution < 1.29 is 10.5 Å². The molecule has 0 saturated heterocycles. The quantitative estimate of drug-likeness (QED) is 0.842. The molecule has 1 aromatic carbocycles. The van der Waals surface area contributed by atoms with E-state index < -0.39 is 0 Å². The van der Waals surface area contributed by atoms with Gasteiger partial charge in [0.05, 0.1) is 13.2 Å². The first-order chi connectivity index (χ1) is 6.13. The van der Waals surface area contributed by atoms with Crippen LogP contribution in [0.25, 0.3) is 0 Å². The highest BCUT2D eigenvalue weighted by Crippen LogP contribution is 2.19. The van der Waals surface area contributed by atoms with Gasteiger partial charge in [0.25, 0.3) is 0 Å². The van der Waals surface area contributed by atoms with Gasteiger partial charge in [-0.1, -0.05) is 0 Å². The molecule has 0 spiro atoms. The number of ether oxygens (including phenoxy) is 1. The summed E-state index contributed by atoms with van der Waals surface area (Å²) in [5.74, 6) is 0.927. The number of hydrogen-bond donors (Lipinski definition) is 1. The summed E-state index contributed by atoms with van der Waals surface area (Å²) in [5.41, 5.74) is 5.31. The van der Waals surface area contributed by atoms with Crippen LogP contribution in [0, 0.1) is 3.57 Å². The summed E-state index contributed by atoms with van der Waals surface area (Å²) in [4.78, 5) is 0. The average Bonchev–Trinajstić information content (AvgIpc) is 2.08. The zero-order valence-electron chi connectivity index (χ0n) is 8.01. The lowest BCUT2D eigenvalue weighted by molar-refractivity contribution is -0.413. The Morgan fingerprint density at radius 3 is 2.77 bits per heavy atom. The van der Waals surface area contributed by atoms with Crippen molar-refractivity contribution in [1.82, 2.24) is 0 Å². The Hall–Kier alpha value is -0.290. The molecule has 0 heterocycles. The van der Waals surface area contributed by atoms with Crippen LogP contribution < -0.4 is 10.5 Å². The van der Waals surface area contributed by atoms with E-state index in [-0.39, 0.29) is 0 Å². The molecule has 0 bridgehead atoms. The maximum Gasteiger partial charge on any atom is 0.119 e. The van der Waals surface area contributed by atoms with Crippen LogP contribution >= 0.6 is 22.6 Å². The molecule has 0 aliphatic carbocycles. The van der Waals surface area contributed by atoms with Gasteiger partial charge in [0.2, 0.25) is 0 Å². The second kappa shape index (κ2) is 4.81. The number of quaternary nitrogens is 1. The predicted octanol–water partition coefficient (Wildman–Crippen LogP) is 1.47. The molecule has 0 radical (unpaired) electrons. The van der Waals surface area contributed by atoms with Crippen LogP contribution in [-0.4, -0.2) is 13.2 Å². The molecule has 0 aliphatic heterocycles. The van der Waals surface area contributed by atoms with Gasteiger partial charge in [0, 0.05) is 9.99 Å². The third-order valence-corrected chi connectivity index (χ3v) is 2.87. The lowest BCUT2D eigenvalue weighted by Gasteiger charge is -2.07. The second-order valence-corrected chi connectivity index (χ2v) is 4.43. The maximum absolute atomic E-state index is 5.17. The van der Waals surface area contributed by atoms with Crippen molar-refractivity contribution in [3.8, 4) is 5.75 Å². The van der Waals surface area contributed by atoms with E-state index in [0.29, 0.717) is 6.04 Å². The number of halogens is 1. The summed E-state index contributed by atoms with van der Waals surface area (Å²) < 4.78 is 6.45. The van der Waals surface area contributed by atoms with Crippen LogP contribution in [0.4, 0.5) is 0 Å². The molecule has 13 heavy (non-hydrogen) atoms. The van der Waals surface area contributed by atoms with Gasteiger partial charge in [0.15, 0.2) is 0 Å². The molecular formula is C10H15INO+. The fraction of sp³-hybridized carbons (Fsp3) is 0.400. The van der Waals surface area contributed by atoms with Gasteiger partial charge in [-0.15, -0.1) is 0 Å². The Bertz CT molecular complexity index is 286. The lowest BCUT2D eigenvalue weighted by atomic mass is 10.1. The van der Waals surface area contributed by atoms with Gasteiger partial charge in [-0.2, -0.15) is 0 Å². The molecule has 0 aromatic heterocycles. The largest absolute Gasteiger partial charge is 0.497 e. The molecule has 3 N–H and O–H groups in total. The van der Waals surface area contributed by atoms with E-state index in [9.17, 15) is 0 Å². The van der Waals surface area contributed by atoms with Crippen molar-refractivity contribution in [2.24, 2.45) is 0 Å². The van der Waals surface area contributed by atoms with Crippen LogP contribution in [0.15, 0.2) is 18.2 Å². The van der Waals surface area contributed by atoms with Crippen LogP contribution in [0.2, 0.25) is 0 Å². The monoisotopic (exact) mass is 292 g/mol. The van der Waals surface area contributed by atoms with Crippen LogP contribution in [-0.2, 0) is 6.42 Å². The SMILES string of the molecule is COc1ccc(I)c(CC(C)[NH3+])c1. The third kappa shape index (κ3) is 3.15. The Kier molecular flexibility index (Phi) is 3.99. The molecule has 72 valence electrons. The summed E-state index contributed by atoms with van der Waals surface area (Å²) in [6.45, 7) is 2.12. The molecular weight excluding hydrogens is 277 g/mol. The first-order valence-corrected chi connectivity index (χ1v) is 5.37. The fourth-order valence-electron chi connectivity index (χ4n) is 1.21. The second-order valence-electron chi connectivity index (χ2n) is 3.27. The number of rotatable bonds is 3. The van der Waals surface area contributed by atoms with Gasteiger partial charge in [-0.05, 0) is 53.3 Å². The third-order valence-electron chi connectivity index (χ3n) is 1.82. The van der Waals surface area contributed by atoms with E-state index >= 15 is 0 Å². The first-order valence-electron chi connectivity index (χ1n) is 4.29. The Morgan fingerprint density at radius 2 is 2.23 bits per heavy atom. The van der Waals surface area contributed by atoms with Crippen molar-refractivity contribution in [3.05, 3.63) is 27.3 Å². The zero-order chi connectivity index (χ0) is 9.84. The summed E-state index contributed by atoms with van der Waals surface area (Å²) in [7, 11) is 1.69. The number of hydrogen-bond acceptors (Lipinski definition) is 1. The molecule has 1 rings (SSSR count). The van der Waals surface area contributed by atoms with Crippen molar-refractivity contribution in [3.63, 3.8) is 0 Å². The predicted molar refractivity (Wildman–Crippen MR) is 61.8 cm³/mol. The highest BCUT2D eigenvalue weighted by molar-refractivity contribution is 14.1. The Labute approximate surface area is 92.6 Å². The van der Waals surface area contributed by atoms with E-state index in [1.54, 1.807) is 7.11 Å². The highest BCUT2D eigenvalue weighted by atomic mass is 127. The summed E-state index contributed by atoms with van der Waals surface area (Å²) in [5, 5.41) is 0. The van der Waals surface area contributed by atoms with E-state index in [4.69, 9.17) is 4.74 Å². The number of methoxy groups -OCH3 is 1. The molecule has 0 aliphatic rings. The van der Waals surface area contributed by atoms with Gasteiger partial charge in [-0.3, -0.25) is 0 Å². The van der Waals surface area contributed by atoms with Crippen LogP contribution in [0.3, 0.4) is 0 Å². The van der Waals surface area contributed by atoms with Crippen molar-refractivity contribution in [1.29, 1.82) is 0 Å². The molecule has 3 heteroatoms. The van der Waals surface area contributed by atoms with Crippen LogP contribution in [0.1, 0.15) is 12.5 Å². The average molecular weight is 292 g/mol. The van der Waals surface area contributed by atoms with E-state index in [2.05, 4.69) is 47.4 Å². The Morgan fingerprint density at radius 1 is 1.54 bits per heavy atom. The molecule has 0 saturated carbocycles.